The van der Waals surface area contributed by atoms with Gasteiger partial charge in [0.05, 0.1) is 11.7 Å². The Labute approximate surface area is 205 Å². The van der Waals surface area contributed by atoms with E-state index in [1.165, 1.54) is 50.5 Å². The summed E-state index contributed by atoms with van der Waals surface area (Å²) in [7, 11) is 0. The van der Waals surface area contributed by atoms with Crippen molar-refractivity contribution in [3.63, 3.8) is 0 Å². The molecular formula is C31H54O2. The van der Waals surface area contributed by atoms with Crippen LogP contribution in [-0.2, 0) is 0 Å². The van der Waals surface area contributed by atoms with E-state index >= 15 is 0 Å². The van der Waals surface area contributed by atoms with Crippen molar-refractivity contribution in [2.75, 3.05) is 0 Å². The molecule has 2 nitrogen and oxygen atoms in total. The van der Waals surface area contributed by atoms with Gasteiger partial charge in [-0.3, -0.25) is 0 Å². The van der Waals surface area contributed by atoms with E-state index in [0.717, 1.165) is 25.2 Å². The van der Waals surface area contributed by atoms with E-state index in [2.05, 4.69) is 62.0 Å². The minimum Gasteiger partial charge on any atom is -0.393 e. The lowest BCUT2D eigenvalue weighted by Crippen LogP contribution is -2.64. The third-order valence-electron chi connectivity index (χ3n) is 13.1. The van der Waals surface area contributed by atoms with E-state index in [9.17, 15) is 10.2 Å². The molecule has 0 amide bonds. The molecule has 4 aliphatic rings. The van der Waals surface area contributed by atoms with Crippen molar-refractivity contribution in [1.29, 1.82) is 0 Å². The number of hydrogen-bond acceptors (Lipinski definition) is 2. The molecule has 0 aromatic heterocycles. The van der Waals surface area contributed by atoms with Crippen LogP contribution in [0.5, 0.6) is 0 Å². The van der Waals surface area contributed by atoms with Gasteiger partial charge in [-0.05, 0) is 129 Å². The van der Waals surface area contributed by atoms with Gasteiger partial charge in [0, 0.05) is 0 Å². The number of fused-ring (bicyclic) bond motifs is 5. The number of rotatable bonds is 5. The molecule has 0 spiro atoms. The van der Waals surface area contributed by atoms with Gasteiger partial charge in [-0.1, -0.05) is 53.7 Å². The summed E-state index contributed by atoms with van der Waals surface area (Å²) < 4.78 is 0. The second kappa shape index (κ2) is 8.09. The molecule has 190 valence electrons. The zero-order valence-corrected chi connectivity index (χ0v) is 23.1. The molecule has 0 radical (unpaired) electrons. The van der Waals surface area contributed by atoms with Crippen LogP contribution in [0.4, 0.5) is 0 Å². The molecule has 4 saturated carbocycles. The van der Waals surface area contributed by atoms with Crippen molar-refractivity contribution >= 4 is 0 Å². The van der Waals surface area contributed by atoms with E-state index in [0.29, 0.717) is 39.9 Å². The molecular weight excluding hydrogens is 404 g/mol. The van der Waals surface area contributed by atoms with Crippen LogP contribution in [0.15, 0.2) is 12.2 Å². The molecule has 33 heavy (non-hydrogen) atoms. The summed E-state index contributed by atoms with van der Waals surface area (Å²) in [6, 6.07) is 0. The van der Waals surface area contributed by atoms with Gasteiger partial charge >= 0.3 is 0 Å². The summed E-state index contributed by atoms with van der Waals surface area (Å²) in [5.74, 6) is 2.90. The van der Waals surface area contributed by atoms with E-state index in [4.69, 9.17) is 0 Å². The first-order valence-corrected chi connectivity index (χ1v) is 14.2. The minimum absolute atomic E-state index is 0.0218. The molecule has 4 rings (SSSR count). The van der Waals surface area contributed by atoms with Crippen molar-refractivity contribution in [2.24, 2.45) is 51.2 Å². The average Bonchev–Trinajstić information content (AvgIpc) is 3.08. The summed E-state index contributed by atoms with van der Waals surface area (Å²) in [6.07, 6.45) is 11.5. The summed E-state index contributed by atoms with van der Waals surface area (Å²) in [4.78, 5) is 0. The van der Waals surface area contributed by atoms with Gasteiger partial charge in [0.15, 0.2) is 0 Å². The third-order valence-corrected chi connectivity index (χ3v) is 13.1. The molecule has 2 N–H and O–H groups in total. The highest BCUT2D eigenvalue weighted by atomic mass is 16.3. The first kappa shape index (κ1) is 25.7. The molecule has 0 aromatic carbocycles. The van der Waals surface area contributed by atoms with Crippen LogP contribution in [0, 0.1) is 51.2 Å². The maximum atomic E-state index is 11.8. The standard InChI is InChI=1S/C31H54O2/c1-20(2)21(3)12-19-31(9,33)23-13-17-29(7)22(23)10-11-25-28(6)16-15-26(32)27(4,5)24(28)14-18-30(25,29)8/h21-26,32-33H,1,10-19H2,2-9H3/t21-,22+,23-,24-,25+,26-,28-,29+,30+,31+/m0/s1. The van der Waals surface area contributed by atoms with E-state index in [1.807, 2.05) is 0 Å². The van der Waals surface area contributed by atoms with E-state index in [1.54, 1.807) is 0 Å². The second-order valence-corrected chi connectivity index (χ2v) is 14.8. The van der Waals surface area contributed by atoms with E-state index < -0.39 is 5.60 Å². The molecule has 0 aliphatic heterocycles. The van der Waals surface area contributed by atoms with Gasteiger partial charge in [-0.25, -0.2) is 0 Å². The lowest BCUT2D eigenvalue weighted by molar-refractivity contribution is -0.225. The third kappa shape index (κ3) is 3.62. The number of allylic oxidation sites excluding steroid dienone is 1. The Kier molecular flexibility index (Phi) is 6.31. The van der Waals surface area contributed by atoms with Crippen molar-refractivity contribution in [3.8, 4) is 0 Å². The molecule has 0 bridgehead atoms. The summed E-state index contributed by atoms with van der Waals surface area (Å²) >= 11 is 0. The van der Waals surface area contributed by atoms with Gasteiger partial charge in [-0.15, -0.1) is 0 Å². The SMILES string of the molecule is C=C(C)[C@@H](C)CC[C@@](C)(O)[C@H]1CC[C@]2(C)[C@@H]1CC[C@@H]1[C@@]3(C)CC[C@H](O)C(C)(C)[C@@H]3CC[C@]12C. The summed E-state index contributed by atoms with van der Waals surface area (Å²) in [5, 5.41) is 22.6. The predicted octanol–water partition coefficient (Wildman–Crippen LogP) is 7.78. The van der Waals surface area contributed by atoms with E-state index in [-0.39, 0.29) is 11.5 Å². The van der Waals surface area contributed by atoms with Crippen LogP contribution >= 0.6 is 0 Å². The minimum atomic E-state index is -0.576. The average molecular weight is 459 g/mol. The smallest absolute Gasteiger partial charge is 0.0650 e. The van der Waals surface area contributed by atoms with Gasteiger partial charge in [0.2, 0.25) is 0 Å². The molecule has 4 aliphatic carbocycles. The first-order valence-electron chi connectivity index (χ1n) is 14.2. The Morgan fingerprint density at radius 2 is 1.58 bits per heavy atom. The zero-order valence-electron chi connectivity index (χ0n) is 23.1. The quantitative estimate of drug-likeness (QED) is 0.413. The number of hydrogen-bond donors (Lipinski definition) is 2. The van der Waals surface area contributed by atoms with Gasteiger partial charge in [-0.2, -0.15) is 0 Å². The van der Waals surface area contributed by atoms with Gasteiger partial charge in [0.1, 0.15) is 0 Å². The van der Waals surface area contributed by atoms with Crippen LogP contribution in [0.1, 0.15) is 120 Å². The monoisotopic (exact) mass is 458 g/mol. The van der Waals surface area contributed by atoms with Crippen molar-refractivity contribution in [3.05, 3.63) is 12.2 Å². The Morgan fingerprint density at radius 3 is 2.21 bits per heavy atom. The second-order valence-electron chi connectivity index (χ2n) is 14.8. The van der Waals surface area contributed by atoms with Crippen LogP contribution in [0.25, 0.3) is 0 Å². The van der Waals surface area contributed by atoms with Crippen LogP contribution in [0.3, 0.4) is 0 Å². The highest BCUT2D eigenvalue weighted by molar-refractivity contribution is 5.18. The number of aliphatic hydroxyl groups excluding tert-OH is 1. The predicted molar refractivity (Wildman–Crippen MR) is 139 cm³/mol. The molecule has 0 unspecified atom stereocenters. The Bertz CT molecular complexity index is 767. The zero-order chi connectivity index (χ0) is 24.6. The summed E-state index contributed by atoms with van der Waals surface area (Å²) in [6.45, 7) is 23.2. The normalized spacial score (nSPS) is 49.3. The Hall–Kier alpha value is -0.340. The highest BCUT2D eigenvalue weighted by Gasteiger charge is 2.69. The topological polar surface area (TPSA) is 40.5 Å². The molecule has 10 atom stereocenters. The Morgan fingerprint density at radius 1 is 0.939 bits per heavy atom. The molecule has 0 heterocycles. The fourth-order valence-corrected chi connectivity index (χ4v) is 10.4. The van der Waals surface area contributed by atoms with Crippen molar-refractivity contribution < 1.29 is 10.2 Å². The molecule has 2 heteroatoms. The number of aliphatic hydroxyl groups is 2. The van der Waals surface area contributed by atoms with Gasteiger partial charge < -0.3 is 10.2 Å². The van der Waals surface area contributed by atoms with Crippen molar-refractivity contribution in [2.45, 2.75) is 131 Å². The molecule has 0 saturated heterocycles. The van der Waals surface area contributed by atoms with Gasteiger partial charge in [0.25, 0.3) is 0 Å². The fraction of sp³-hybridized carbons (Fsp3) is 0.935. The van der Waals surface area contributed by atoms with Crippen LogP contribution < -0.4 is 0 Å². The maximum absolute atomic E-state index is 11.8. The first-order chi connectivity index (χ1) is 15.1. The van der Waals surface area contributed by atoms with Crippen LogP contribution in [-0.4, -0.2) is 21.9 Å². The molecule has 4 fully saturated rings. The van der Waals surface area contributed by atoms with Crippen LogP contribution in [0.2, 0.25) is 0 Å². The lowest BCUT2D eigenvalue weighted by Gasteiger charge is -2.70. The summed E-state index contributed by atoms with van der Waals surface area (Å²) in [5.41, 5.74) is 1.68. The maximum Gasteiger partial charge on any atom is 0.0650 e. The van der Waals surface area contributed by atoms with Crippen molar-refractivity contribution in [1.82, 2.24) is 0 Å². The Balaban J connectivity index is 1.59. The lowest BCUT2D eigenvalue weighted by atomic mass is 9.35. The largest absolute Gasteiger partial charge is 0.393 e. The fourth-order valence-electron chi connectivity index (χ4n) is 10.4. The molecule has 0 aromatic rings. The highest BCUT2D eigenvalue weighted by Crippen LogP contribution is 2.75.